The van der Waals surface area contributed by atoms with Crippen molar-refractivity contribution in [3.05, 3.63) is 21.7 Å². The second-order valence-corrected chi connectivity index (χ2v) is 4.47. The largest absolute Gasteiger partial charge is 0.343 e. The number of rotatable bonds is 3. The van der Waals surface area contributed by atoms with Crippen molar-refractivity contribution < 1.29 is 4.79 Å². The zero-order valence-corrected chi connectivity index (χ0v) is 10.4. The zero-order chi connectivity index (χ0) is 12.6. The van der Waals surface area contributed by atoms with Crippen molar-refractivity contribution in [1.29, 1.82) is 0 Å². The molecule has 0 spiro atoms. The van der Waals surface area contributed by atoms with E-state index in [1.807, 2.05) is 0 Å². The summed E-state index contributed by atoms with van der Waals surface area (Å²) in [4.78, 5) is 22.2. The fourth-order valence-electron chi connectivity index (χ4n) is 1.42. The van der Waals surface area contributed by atoms with Gasteiger partial charge < -0.3 is 0 Å². The van der Waals surface area contributed by atoms with E-state index in [0.717, 1.165) is 6.29 Å². The monoisotopic (exact) mass is 253 g/mol. The van der Waals surface area contributed by atoms with Crippen molar-refractivity contribution in [1.82, 2.24) is 24.5 Å². The van der Waals surface area contributed by atoms with Crippen LogP contribution in [-0.2, 0) is 14.1 Å². The molecule has 17 heavy (non-hydrogen) atoms. The number of H-pyrrole nitrogens is 1. The Kier molecular flexibility index (Phi) is 2.88. The number of nitrogens with zero attached hydrogens (tertiary/aromatic N) is 4. The molecule has 0 saturated heterocycles. The summed E-state index contributed by atoms with van der Waals surface area (Å²) in [5.41, 5.74) is 0.887. The lowest BCUT2D eigenvalue weighted by Crippen LogP contribution is -2.13. The molecule has 7 nitrogen and oxygen atoms in total. The molecule has 8 heteroatoms. The number of carbonyl (C=O) groups is 1. The molecule has 2 aromatic rings. The summed E-state index contributed by atoms with van der Waals surface area (Å²) >= 11 is 1.22. The molecule has 90 valence electrons. The molecule has 0 radical (unpaired) electrons. The number of hydrogen-bond acceptors (Lipinski definition) is 5. The average Bonchev–Trinajstić information content (AvgIpc) is 2.73. The van der Waals surface area contributed by atoms with Gasteiger partial charge in [-0.15, -0.1) is 5.10 Å². The number of carbonyl (C=O) groups excluding carboxylic acids is 1. The summed E-state index contributed by atoms with van der Waals surface area (Å²) in [6.07, 6.45) is 0.759. The van der Waals surface area contributed by atoms with E-state index in [-0.39, 0.29) is 5.69 Å². The van der Waals surface area contributed by atoms with Crippen LogP contribution < -0.4 is 5.69 Å². The van der Waals surface area contributed by atoms with Crippen LogP contribution in [0.4, 0.5) is 0 Å². The molecule has 0 fully saturated rings. The third-order valence-electron chi connectivity index (χ3n) is 2.36. The van der Waals surface area contributed by atoms with Crippen LogP contribution in [0.2, 0.25) is 0 Å². The van der Waals surface area contributed by atoms with E-state index >= 15 is 0 Å². The van der Waals surface area contributed by atoms with Crippen LogP contribution in [0.1, 0.15) is 16.1 Å². The van der Waals surface area contributed by atoms with Gasteiger partial charge in [0.05, 0.1) is 11.3 Å². The van der Waals surface area contributed by atoms with Gasteiger partial charge in [0, 0.05) is 14.1 Å². The van der Waals surface area contributed by atoms with Crippen LogP contribution in [0.15, 0.2) is 15.0 Å². The number of aryl methyl sites for hydroxylation is 2. The van der Waals surface area contributed by atoms with E-state index in [0.29, 0.717) is 21.4 Å². The van der Waals surface area contributed by atoms with Gasteiger partial charge in [0.25, 0.3) is 0 Å². The van der Waals surface area contributed by atoms with Crippen molar-refractivity contribution in [3.63, 3.8) is 0 Å². The fourth-order valence-corrected chi connectivity index (χ4v) is 2.38. The van der Waals surface area contributed by atoms with Crippen LogP contribution >= 0.6 is 11.8 Å². The first-order chi connectivity index (χ1) is 8.04. The minimum Gasteiger partial charge on any atom is -0.298 e. The van der Waals surface area contributed by atoms with Crippen LogP contribution in [0, 0.1) is 6.92 Å². The quantitative estimate of drug-likeness (QED) is 0.785. The number of hydrogen-bond donors (Lipinski definition) is 1. The Labute approximate surface area is 101 Å². The predicted molar refractivity (Wildman–Crippen MR) is 61.3 cm³/mol. The molecule has 0 unspecified atom stereocenters. The molecule has 0 saturated carbocycles. The normalized spacial score (nSPS) is 10.8. The van der Waals surface area contributed by atoms with E-state index in [1.54, 1.807) is 25.7 Å². The van der Waals surface area contributed by atoms with Crippen molar-refractivity contribution >= 4 is 18.0 Å². The molecule has 0 bridgehead atoms. The number of nitrogens with one attached hydrogen (secondary N) is 1. The van der Waals surface area contributed by atoms with E-state index in [4.69, 9.17) is 0 Å². The van der Waals surface area contributed by atoms with E-state index in [1.165, 1.54) is 16.3 Å². The van der Waals surface area contributed by atoms with Gasteiger partial charge in [-0.05, 0) is 18.7 Å². The van der Waals surface area contributed by atoms with Crippen LogP contribution in [-0.4, -0.2) is 30.8 Å². The van der Waals surface area contributed by atoms with Gasteiger partial charge in [-0.1, -0.05) is 0 Å². The summed E-state index contributed by atoms with van der Waals surface area (Å²) in [6, 6.07) is 0. The predicted octanol–water partition coefficient (Wildman–Crippen LogP) is 0.114. The Morgan fingerprint density at radius 3 is 2.65 bits per heavy atom. The maximum absolute atomic E-state index is 11.2. The lowest BCUT2D eigenvalue weighted by Gasteiger charge is -2.01. The zero-order valence-electron chi connectivity index (χ0n) is 9.59. The van der Waals surface area contributed by atoms with Crippen molar-refractivity contribution in [2.24, 2.45) is 14.1 Å². The fraction of sp³-hybridized carbons (Fsp3) is 0.333. The average molecular weight is 253 g/mol. The van der Waals surface area contributed by atoms with Crippen LogP contribution in [0.3, 0.4) is 0 Å². The third-order valence-corrected chi connectivity index (χ3v) is 3.58. The Hall–Kier alpha value is -1.83. The summed E-state index contributed by atoms with van der Waals surface area (Å²) < 4.78 is 2.98. The smallest absolute Gasteiger partial charge is 0.298 e. The first-order valence-corrected chi connectivity index (χ1v) is 5.64. The summed E-state index contributed by atoms with van der Waals surface area (Å²) in [6.45, 7) is 1.76. The highest BCUT2D eigenvalue weighted by atomic mass is 32.2. The summed E-state index contributed by atoms with van der Waals surface area (Å²) in [5, 5.41) is 11.5. The van der Waals surface area contributed by atoms with Gasteiger partial charge in [-0.2, -0.15) is 5.10 Å². The molecular formula is C9H11N5O2S. The second-order valence-electron chi connectivity index (χ2n) is 3.52. The van der Waals surface area contributed by atoms with Crippen LogP contribution in [0.5, 0.6) is 0 Å². The maximum Gasteiger partial charge on any atom is 0.343 e. The highest BCUT2D eigenvalue weighted by molar-refractivity contribution is 7.99. The number of aromatic amines is 1. The molecule has 2 heterocycles. The first kappa shape index (κ1) is 11.6. The van der Waals surface area contributed by atoms with Crippen molar-refractivity contribution in [2.75, 3.05) is 0 Å². The SMILES string of the molecule is Cc1nn(C)c(Sc2n[nH]c(=O)n2C)c1C=O. The van der Waals surface area contributed by atoms with Gasteiger partial charge in [0.15, 0.2) is 11.4 Å². The second kappa shape index (κ2) is 4.21. The van der Waals surface area contributed by atoms with E-state index < -0.39 is 0 Å². The lowest BCUT2D eigenvalue weighted by molar-refractivity contribution is 0.112. The molecule has 0 aromatic carbocycles. The minimum atomic E-state index is -0.293. The maximum atomic E-state index is 11.2. The van der Waals surface area contributed by atoms with Gasteiger partial charge >= 0.3 is 5.69 Å². The molecule has 0 aliphatic rings. The standard InChI is InChI=1S/C9H11N5O2S/c1-5-6(4-15)7(14(3)12-5)17-9-11-10-8(16)13(9)2/h4H,1-3H3,(H,10,16). The first-order valence-electron chi connectivity index (χ1n) is 4.82. The van der Waals surface area contributed by atoms with Crippen LogP contribution in [0.25, 0.3) is 0 Å². The van der Waals surface area contributed by atoms with Crippen molar-refractivity contribution in [3.8, 4) is 0 Å². The molecule has 2 rings (SSSR count). The number of aldehydes is 1. The Bertz CT molecular complexity index is 624. The molecular weight excluding hydrogens is 242 g/mol. The summed E-state index contributed by atoms with van der Waals surface area (Å²) in [7, 11) is 3.35. The summed E-state index contributed by atoms with van der Waals surface area (Å²) in [5.74, 6) is 0. The molecule has 0 atom stereocenters. The molecule has 0 amide bonds. The van der Waals surface area contributed by atoms with Gasteiger partial charge in [-0.25, -0.2) is 9.89 Å². The van der Waals surface area contributed by atoms with Gasteiger partial charge in [0.1, 0.15) is 5.03 Å². The van der Waals surface area contributed by atoms with Crippen molar-refractivity contribution in [2.45, 2.75) is 17.1 Å². The van der Waals surface area contributed by atoms with E-state index in [9.17, 15) is 9.59 Å². The number of aromatic nitrogens is 5. The topological polar surface area (TPSA) is 85.6 Å². The Morgan fingerprint density at radius 2 is 2.12 bits per heavy atom. The van der Waals surface area contributed by atoms with Gasteiger partial charge in [-0.3, -0.25) is 14.0 Å². The third kappa shape index (κ3) is 1.91. The minimum absolute atomic E-state index is 0.293. The van der Waals surface area contributed by atoms with Gasteiger partial charge in [0.2, 0.25) is 0 Å². The van der Waals surface area contributed by atoms with E-state index in [2.05, 4.69) is 15.3 Å². The molecule has 1 N–H and O–H groups in total. The Balaban J connectivity index is 2.46. The lowest BCUT2D eigenvalue weighted by atomic mass is 10.3. The molecule has 0 aliphatic carbocycles. The molecule has 2 aromatic heterocycles. The highest BCUT2D eigenvalue weighted by Crippen LogP contribution is 2.28. The highest BCUT2D eigenvalue weighted by Gasteiger charge is 2.16. The molecule has 0 aliphatic heterocycles. The Morgan fingerprint density at radius 1 is 1.41 bits per heavy atom.